The molecule has 0 bridgehead atoms. The lowest BCUT2D eigenvalue weighted by atomic mass is 10.3. The van der Waals surface area contributed by atoms with Crippen molar-refractivity contribution in [3.05, 3.63) is 30.3 Å². The molecular formula is C16H25NO3. The van der Waals surface area contributed by atoms with Gasteiger partial charge in [-0.15, -0.1) is 0 Å². The molecule has 0 aliphatic heterocycles. The van der Waals surface area contributed by atoms with Crippen LogP contribution in [0.1, 0.15) is 33.1 Å². The molecule has 1 amide bonds. The van der Waals surface area contributed by atoms with Crippen LogP contribution in [0.4, 0.5) is 0 Å². The monoisotopic (exact) mass is 279 g/mol. The molecule has 4 heteroatoms. The fraction of sp³-hybridized carbons (Fsp3) is 0.562. The van der Waals surface area contributed by atoms with E-state index in [9.17, 15) is 4.79 Å². The first-order chi connectivity index (χ1) is 9.68. The molecule has 20 heavy (non-hydrogen) atoms. The van der Waals surface area contributed by atoms with Gasteiger partial charge in [-0.2, -0.15) is 0 Å². The predicted octanol–water partition coefficient (Wildman–Crippen LogP) is 2.78. The highest BCUT2D eigenvalue weighted by Crippen LogP contribution is 2.08. The van der Waals surface area contributed by atoms with Gasteiger partial charge in [0.25, 0.3) is 0 Å². The maximum absolute atomic E-state index is 11.5. The van der Waals surface area contributed by atoms with Gasteiger partial charge in [-0.05, 0) is 38.8 Å². The van der Waals surface area contributed by atoms with Gasteiger partial charge in [0.05, 0.1) is 12.7 Å². The van der Waals surface area contributed by atoms with E-state index in [-0.39, 0.29) is 12.0 Å². The van der Waals surface area contributed by atoms with Crippen LogP contribution in [-0.4, -0.2) is 31.8 Å². The van der Waals surface area contributed by atoms with Crippen molar-refractivity contribution in [2.45, 2.75) is 39.2 Å². The summed E-state index contributed by atoms with van der Waals surface area (Å²) in [5, 5.41) is 2.88. The lowest BCUT2D eigenvalue weighted by molar-refractivity contribution is -0.121. The van der Waals surface area contributed by atoms with E-state index in [2.05, 4.69) is 5.32 Å². The molecule has 4 nitrogen and oxygen atoms in total. The lowest BCUT2D eigenvalue weighted by Crippen LogP contribution is -2.25. The molecule has 0 radical (unpaired) electrons. The number of rotatable bonds is 10. The Kier molecular flexibility index (Phi) is 8.47. The number of benzene rings is 1. The average Bonchev–Trinajstić information content (AvgIpc) is 2.44. The van der Waals surface area contributed by atoms with Crippen LogP contribution in [0, 0.1) is 0 Å². The van der Waals surface area contributed by atoms with Crippen LogP contribution in [0.25, 0.3) is 0 Å². The minimum atomic E-state index is 0.0752. The number of carbonyl (C=O) groups is 1. The van der Waals surface area contributed by atoms with Crippen LogP contribution in [0.3, 0.4) is 0 Å². The number of carbonyl (C=O) groups excluding carboxylic acids is 1. The number of ether oxygens (including phenoxy) is 2. The van der Waals surface area contributed by atoms with E-state index in [1.165, 1.54) is 0 Å². The van der Waals surface area contributed by atoms with Gasteiger partial charge >= 0.3 is 0 Å². The van der Waals surface area contributed by atoms with E-state index in [0.717, 1.165) is 18.6 Å². The zero-order chi connectivity index (χ0) is 14.6. The molecule has 1 rings (SSSR count). The molecule has 0 saturated carbocycles. The van der Waals surface area contributed by atoms with Gasteiger partial charge in [-0.1, -0.05) is 18.2 Å². The van der Waals surface area contributed by atoms with Crippen molar-refractivity contribution in [2.24, 2.45) is 0 Å². The van der Waals surface area contributed by atoms with Gasteiger partial charge in [0.15, 0.2) is 0 Å². The zero-order valence-electron chi connectivity index (χ0n) is 12.4. The van der Waals surface area contributed by atoms with Crippen molar-refractivity contribution < 1.29 is 14.3 Å². The van der Waals surface area contributed by atoms with Crippen molar-refractivity contribution >= 4 is 5.91 Å². The van der Waals surface area contributed by atoms with Crippen LogP contribution in [0.5, 0.6) is 5.75 Å². The van der Waals surface area contributed by atoms with Crippen LogP contribution < -0.4 is 10.1 Å². The third-order valence-electron chi connectivity index (χ3n) is 2.65. The molecule has 0 unspecified atom stereocenters. The van der Waals surface area contributed by atoms with Crippen molar-refractivity contribution in [3.63, 3.8) is 0 Å². The van der Waals surface area contributed by atoms with Gasteiger partial charge in [-0.3, -0.25) is 4.79 Å². The number of nitrogens with one attached hydrogen (secondary N) is 1. The fourth-order valence-corrected chi connectivity index (χ4v) is 1.65. The Bertz CT molecular complexity index is 365. The molecule has 1 aromatic rings. The minimum absolute atomic E-state index is 0.0752. The molecule has 0 aliphatic rings. The topological polar surface area (TPSA) is 47.6 Å². The molecule has 0 aliphatic carbocycles. The molecule has 0 heterocycles. The van der Waals surface area contributed by atoms with Crippen LogP contribution in [0.15, 0.2) is 30.3 Å². The number of hydrogen-bond donors (Lipinski definition) is 1. The standard InChI is InChI=1S/C16H25NO3/c1-14(2)19-13-7-11-17-16(18)10-6-12-20-15-8-4-3-5-9-15/h3-5,8-9,14H,6-7,10-13H2,1-2H3,(H,17,18). The van der Waals surface area contributed by atoms with Crippen molar-refractivity contribution in [1.29, 1.82) is 0 Å². The summed E-state index contributed by atoms with van der Waals surface area (Å²) in [5.41, 5.74) is 0. The highest BCUT2D eigenvalue weighted by Gasteiger charge is 2.01. The molecule has 0 fully saturated rings. The molecule has 0 aromatic heterocycles. The summed E-state index contributed by atoms with van der Waals surface area (Å²) in [5.74, 6) is 0.921. The first-order valence-corrected chi connectivity index (χ1v) is 7.24. The van der Waals surface area contributed by atoms with Crippen molar-refractivity contribution in [3.8, 4) is 5.75 Å². The number of hydrogen-bond acceptors (Lipinski definition) is 3. The van der Waals surface area contributed by atoms with E-state index >= 15 is 0 Å². The molecule has 0 atom stereocenters. The van der Waals surface area contributed by atoms with Gasteiger partial charge in [0, 0.05) is 19.6 Å². The smallest absolute Gasteiger partial charge is 0.220 e. The van der Waals surface area contributed by atoms with Crippen LogP contribution >= 0.6 is 0 Å². The van der Waals surface area contributed by atoms with Crippen LogP contribution in [0.2, 0.25) is 0 Å². The first-order valence-electron chi connectivity index (χ1n) is 7.24. The van der Waals surface area contributed by atoms with Crippen molar-refractivity contribution in [2.75, 3.05) is 19.8 Å². The second-order valence-corrected chi connectivity index (χ2v) is 4.89. The zero-order valence-corrected chi connectivity index (χ0v) is 12.4. The maximum Gasteiger partial charge on any atom is 0.220 e. The molecule has 0 spiro atoms. The summed E-state index contributed by atoms with van der Waals surface area (Å²) >= 11 is 0. The molecule has 0 saturated heterocycles. The quantitative estimate of drug-likeness (QED) is 0.670. The molecular weight excluding hydrogens is 254 g/mol. The Morgan fingerprint density at radius 2 is 1.90 bits per heavy atom. The summed E-state index contributed by atoms with van der Waals surface area (Å²) in [6, 6.07) is 9.63. The third kappa shape index (κ3) is 8.53. The van der Waals surface area contributed by atoms with Gasteiger partial charge in [0.1, 0.15) is 5.75 Å². The Morgan fingerprint density at radius 1 is 1.15 bits per heavy atom. The Morgan fingerprint density at radius 3 is 2.60 bits per heavy atom. The summed E-state index contributed by atoms with van der Waals surface area (Å²) in [6.07, 6.45) is 2.33. The van der Waals surface area contributed by atoms with Gasteiger partial charge in [-0.25, -0.2) is 0 Å². The van der Waals surface area contributed by atoms with Crippen molar-refractivity contribution in [1.82, 2.24) is 5.32 Å². The Labute approximate surface area is 121 Å². The number of amides is 1. The largest absolute Gasteiger partial charge is 0.494 e. The highest BCUT2D eigenvalue weighted by molar-refractivity contribution is 5.75. The summed E-state index contributed by atoms with van der Waals surface area (Å²) < 4.78 is 10.9. The van der Waals surface area contributed by atoms with E-state index in [0.29, 0.717) is 26.2 Å². The van der Waals surface area contributed by atoms with E-state index < -0.39 is 0 Å². The molecule has 1 N–H and O–H groups in total. The summed E-state index contributed by atoms with van der Waals surface area (Å²) in [6.45, 7) is 5.94. The number of para-hydroxylation sites is 1. The van der Waals surface area contributed by atoms with E-state index in [1.54, 1.807) is 0 Å². The lowest BCUT2D eigenvalue weighted by Gasteiger charge is -2.08. The maximum atomic E-state index is 11.5. The minimum Gasteiger partial charge on any atom is -0.494 e. The SMILES string of the molecule is CC(C)OCCCNC(=O)CCCOc1ccccc1. The average molecular weight is 279 g/mol. The van der Waals surface area contributed by atoms with Crippen LogP contribution in [-0.2, 0) is 9.53 Å². The van der Waals surface area contributed by atoms with E-state index in [1.807, 2.05) is 44.2 Å². The highest BCUT2D eigenvalue weighted by atomic mass is 16.5. The molecule has 112 valence electrons. The molecule has 1 aromatic carbocycles. The second-order valence-electron chi connectivity index (χ2n) is 4.89. The summed E-state index contributed by atoms with van der Waals surface area (Å²) in [4.78, 5) is 11.5. The first kappa shape index (κ1) is 16.5. The Hall–Kier alpha value is -1.55. The second kappa shape index (κ2) is 10.3. The summed E-state index contributed by atoms with van der Waals surface area (Å²) in [7, 11) is 0. The fourth-order valence-electron chi connectivity index (χ4n) is 1.65. The Balaban J connectivity index is 1.95. The van der Waals surface area contributed by atoms with Gasteiger partial charge in [0.2, 0.25) is 5.91 Å². The normalized spacial score (nSPS) is 10.6. The van der Waals surface area contributed by atoms with E-state index in [4.69, 9.17) is 9.47 Å². The predicted molar refractivity (Wildman–Crippen MR) is 79.9 cm³/mol. The van der Waals surface area contributed by atoms with Gasteiger partial charge < -0.3 is 14.8 Å². The third-order valence-corrected chi connectivity index (χ3v) is 2.65.